The monoisotopic (exact) mass is 790 g/mol. The number of imidazole rings is 2. The molecule has 14 heteroatoms. The number of benzene rings is 2. The maximum Gasteiger partial charge on any atom is 0.407 e. The van der Waals surface area contributed by atoms with Crippen molar-refractivity contribution in [2.24, 2.45) is 22.7 Å². The number of carbonyl (C=O) groups excluding carboxylic acids is 4. The number of hydrogen-bond acceptors (Lipinski definition) is 8. The molecule has 4 fully saturated rings. The Bertz CT molecular complexity index is 2010. The van der Waals surface area contributed by atoms with Gasteiger partial charge in [-0.05, 0) is 83.4 Å². The van der Waals surface area contributed by atoms with Crippen molar-refractivity contribution in [3.63, 3.8) is 0 Å². The lowest BCUT2D eigenvalue weighted by atomic mass is 10.0. The lowest BCUT2D eigenvalue weighted by Gasteiger charge is -2.30. The van der Waals surface area contributed by atoms with Gasteiger partial charge in [0.2, 0.25) is 11.8 Å². The highest BCUT2D eigenvalue weighted by Gasteiger charge is 2.56. The molecule has 2 aliphatic carbocycles. The topological polar surface area (TPSA) is 175 Å². The number of H-pyrrole nitrogens is 2. The first kappa shape index (κ1) is 39.2. The number of aromatic nitrogens is 4. The number of carbonyl (C=O) groups is 4. The summed E-state index contributed by atoms with van der Waals surface area (Å²) in [5.41, 5.74) is 6.10. The molecular formula is C44H54N8O6. The minimum atomic E-state index is -0.686. The van der Waals surface area contributed by atoms with Crippen molar-refractivity contribution >= 4 is 24.0 Å². The van der Waals surface area contributed by atoms with Gasteiger partial charge in [-0.1, -0.05) is 76.2 Å². The van der Waals surface area contributed by atoms with E-state index in [1.165, 1.54) is 14.2 Å². The molecule has 2 saturated heterocycles. The maximum atomic E-state index is 13.9. The van der Waals surface area contributed by atoms with Crippen LogP contribution < -0.4 is 10.6 Å². The van der Waals surface area contributed by atoms with E-state index in [4.69, 9.17) is 19.4 Å². The fourth-order valence-electron chi connectivity index (χ4n) is 8.89. The lowest BCUT2D eigenvalue weighted by molar-refractivity contribution is -0.136. The van der Waals surface area contributed by atoms with Crippen molar-refractivity contribution in [1.29, 1.82) is 0 Å². The predicted molar refractivity (Wildman–Crippen MR) is 217 cm³/mol. The highest BCUT2D eigenvalue weighted by molar-refractivity contribution is 5.87. The summed E-state index contributed by atoms with van der Waals surface area (Å²) in [5, 5.41) is 5.49. The number of ether oxygens (including phenoxy) is 2. The van der Waals surface area contributed by atoms with Crippen LogP contribution in [0.2, 0.25) is 0 Å². The van der Waals surface area contributed by atoms with Gasteiger partial charge in [-0.2, -0.15) is 0 Å². The Labute approximate surface area is 338 Å². The second kappa shape index (κ2) is 15.3. The van der Waals surface area contributed by atoms with Gasteiger partial charge in [-0.3, -0.25) is 9.59 Å². The zero-order valence-electron chi connectivity index (χ0n) is 34.1. The smallest absolute Gasteiger partial charge is 0.407 e. The van der Waals surface area contributed by atoms with Crippen LogP contribution >= 0.6 is 0 Å². The highest BCUT2D eigenvalue weighted by Crippen LogP contribution is 2.59. The molecule has 8 rings (SSSR count). The zero-order chi connectivity index (χ0) is 40.9. The molecule has 14 nitrogen and oxygen atoms in total. The average Bonchev–Trinajstić information content (AvgIpc) is 3.80. The summed E-state index contributed by atoms with van der Waals surface area (Å²) < 4.78 is 9.62. The summed E-state index contributed by atoms with van der Waals surface area (Å²) in [4.78, 5) is 72.3. The van der Waals surface area contributed by atoms with Crippen LogP contribution in [0.1, 0.15) is 90.0 Å². The zero-order valence-corrected chi connectivity index (χ0v) is 34.1. The summed E-state index contributed by atoms with van der Waals surface area (Å²) in [6.45, 7) is 9.00. The molecule has 58 heavy (non-hydrogen) atoms. The van der Waals surface area contributed by atoms with Crippen LogP contribution in [0, 0.1) is 22.7 Å². The van der Waals surface area contributed by atoms with Crippen molar-refractivity contribution in [1.82, 2.24) is 40.4 Å². The highest BCUT2D eigenvalue weighted by atomic mass is 16.5. The molecule has 2 aromatic heterocycles. The number of rotatable bonds is 11. The summed E-state index contributed by atoms with van der Waals surface area (Å²) in [6.07, 6.45) is 8.47. The number of nitrogens with zero attached hydrogens (tertiary/aromatic N) is 4. The third-order valence-electron chi connectivity index (χ3n) is 12.8. The first-order chi connectivity index (χ1) is 27.8. The van der Waals surface area contributed by atoms with Gasteiger partial charge >= 0.3 is 12.2 Å². The van der Waals surface area contributed by atoms with Crippen molar-refractivity contribution in [3.05, 3.63) is 72.6 Å². The van der Waals surface area contributed by atoms with Gasteiger partial charge in [0.1, 0.15) is 23.7 Å². The number of nitrogens with one attached hydrogen (secondary N) is 4. The average molecular weight is 791 g/mol. The quantitative estimate of drug-likeness (QED) is 0.126. The van der Waals surface area contributed by atoms with E-state index in [0.29, 0.717) is 13.1 Å². The first-order valence-electron chi connectivity index (χ1n) is 20.4. The Kier molecular flexibility index (Phi) is 10.3. The fourth-order valence-corrected chi connectivity index (χ4v) is 8.89. The molecular weight excluding hydrogens is 737 g/mol. The second-order valence-electron chi connectivity index (χ2n) is 17.6. The molecule has 0 unspecified atom stereocenters. The molecule has 4 amide bonds. The Morgan fingerprint density at radius 3 is 1.28 bits per heavy atom. The van der Waals surface area contributed by atoms with Gasteiger partial charge in [-0.25, -0.2) is 19.6 Å². The van der Waals surface area contributed by atoms with Gasteiger partial charge in [0.25, 0.3) is 0 Å². The predicted octanol–water partition coefficient (Wildman–Crippen LogP) is 7.00. The van der Waals surface area contributed by atoms with Gasteiger partial charge in [0.05, 0.1) is 50.1 Å². The van der Waals surface area contributed by atoms with Crippen molar-refractivity contribution in [2.45, 2.75) is 90.4 Å². The number of aromatic amines is 2. The molecule has 2 aromatic carbocycles. The lowest BCUT2D eigenvalue weighted by Crippen LogP contribution is -2.51. The van der Waals surface area contributed by atoms with E-state index in [1.807, 2.05) is 49.9 Å². The van der Waals surface area contributed by atoms with Crippen LogP contribution in [0.25, 0.3) is 33.6 Å². The Balaban J connectivity index is 0.944. The molecule has 0 radical (unpaired) electrons. The summed E-state index contributed by atoms with van der Waals surface area (Å²) >= 11 is 0. The molecule has 4 N–H and O–H groups in total. The number of alkyl carbamates (subject to hydrolysis) is 2. The minimum absolute atomic E-state index is 0.104. The normalized spacial score (nSPS) is 21.0. The molecule has 4 aliphatic rings. The van der Waals surface area contributed by atoms with E-state index in [9.17, 15) is 19.2 Å². The van der Waals surface area contributed by atoms with Crippen LogP contribution in [0.15, 0.2) is 60.9 Å². The molecule has 2 spiro atoms. The number of amides is 4. The fraction of sp³-hybridized carbons (Fsp3) is 0.500. The van der Waals surface area contributed by atoms with Gasteiger partial charge in [-0.15, -0.1) is 0 Å². The van der Waals surface area contributed by atoms with E-state index >= 15 is 0 Å². The molecule has 4 aromatic rings. The van der Waals surface area contributed by atoms with E-state index < -0.39 is 24.3 Å². The van der Waals surface area contributed by atoms with E-state index in [2.05, 4.69) is 69.1 Å². The number of methoxy groups -OCH3 is 2. The number of likely N-dealkylation sites (tertiary alicyclic amines) is 2. The molecule has 4 heterocycles. The third-order valence-corrected chi connectivity index (χ3v) is 12.8. The van der Waals surface area contributed by atoms with Crippen molar-refractivity contribution < 1.29 is 28.7 Å². The minimum Gasteiger partial charge on any atom is -0.453 e. The van der Waals surface area contributed by atoms with Crippen LogP contribution in [-0.4, -0.2) is 93.1 Å². The first-order valence-corrected chi connectivity index (χ1v) is 20.4. The van der Waals surface area contributed by atoms with Gasteiger partial charge < -0.3 is 39.9 Å². The second-order valence-corrected chi connectivity index (χ2v) is 17.6. The summed E-state index contributed by atoms with van der Waals surface area (Å²) in [6, 6.07) is 14.9. The van der Waals surface area contributed by atoms with Crippen LogP contribution in [-0.2, 0) is 19.1 Å². The summed E-state index contributed by atoms with van der Waals surface area (Å²) in [5.74, 6) is 1.08. The van der Waals surface area contributed by atoms with Gasteiger partial charge in [0, 0.05) is 13.1 Å². The van der Waals surface area contributed by atoms with Crippen LogP contribution in [0.4, 0.5) is 9.59 Å². The standard InChI is InChI=1S/C44H54N8O6/c1-25(2)35(49-41(55)57-5)39(53)51-23-43(15-16-43)19-33(51)37-45-21-31(47-37)29-11-7-27(8-12-29)28-9-13-30(14-10-28)32-22-46-38(48-32)34-20-44(17-18-44)24-52(34)40(54)36(26(3)4)50-42(56)58-6/h7-14,21-22,25-26,33-36H,15-20,23-24H2,1-6H3,(H,45,47)(H,46,48)(H,49,55)(H,50,56)/t33-,34+,35-,36-/m0/s1. The van der Waals surface area contributed by atoms with Crippen LogP contribution in [0.3, 0.4) is 0 Å². The Hall–Kier alpha value is -5.66. The SMILES string of the molecule is COC(=O)N[C@H](C(=O)N1CC2(CC2)C[C@@H]1c1ncc(-c2ccc(-c3ccc(-c4cnc([C@@H]5CC6(CC6)CN5C(=O)[C@@H](NC(=O)OC)C(C)C)[nH]4)cc3)cc2)[nH]1)C(C)C. The molecule has 2 aliphatic heterocycles. The molecule has 2 saturated carbocycles. The summed E-state index contributed by atoms with van der Waals surface area (Å²) in [7, 11) is 2.61. The van der Waals surface area contributed by atoms with Crippen molar-refractivity contribution in [2.75, 3.05) is 27.3 Å². The van der Waals surface area contributed by atoms with Crippen molar-refractivity contribution in [3.8, 4) is 33.6 Å². The number of hydrogen-bond donors (Lipinski definition) is 4. The Morgan fingerprint density at radius 2 is 0.966 bits per heavy atom. The molecule has 4 atom stereocenters. The third kappa shape index (κ3) is 7.68. The largest absolute Gasteiger partial charge is 0.453 e. The van der Waals surface area contributed by atoms with E-state index in [1.54, 1.807) is 0 Å². The molecule has 0 bridgehead atoms. The van der Waals surface area contributed by atoms with E-state index in [0.717, 1.165) is 83.8 Å². The molecule has 306 valence electrons. The Morgan fingerprint density at radius 1 is 0.621 bits per heavy atom. The maximum absolute atomic E-state index is 13.9. The van der Waals surface area contributed by atoms with Gasteiger partial charge in [0.15, 0.2) is 0 Å². The van der Waals surface area contributed by atoms with E-state index in [-0.39, 0.29) is 46.6 Å². The van der Waals surface area contributed by atoms with Crippen LogP contribution in [0.5, 0.6) is 0 Å².